The van der Waals surface area contributed by atoms with Crippen LogP contribution in [0.5, 0.6) is 0 Å². The molecule has 0 atom stereocenters. The molecular formula is C11H18N2S. The van der Waals surface area contributed by atoms with Crippen LogP contribution >= 0.6 is 11.3 Å². The average Bonchev–Trinajstić information content (AvgIpc) is 2.64. The lowest BCUT2D eigenvalue weighted by Crippen LogP contribution is -2.24. The van der Waals surface area contributed by atoms with Gasteiger partial charge in [-0.2, -0.15) is 0 Å². The predicted octanol–water partition coefficient (Wildman–Crippen LogP) is 2.93. The Kier molecular flexibility index (Phi) is 4.84. The molecule has 0 saturated carbocycles. The molecule has 0 aliphatic rings. The summed E-state index contributed by atoms with van der Waals surface area (Å²) in [5.74, 6) is 0. The number of thiazole rings is 1. The van der Waals surface area contributed by atoms with Crippen LogP contribution in [0.3, 0.4) is 0 Å². The molecule has 1 N–H and O–H groups in total. The van der Waals surface area contributed by atoms with E-state index in [9.17, 15) is 0 Å². The Morgan fingerprint density at radius 1 is 1.64 bits per heavy atom. The predicted molar refractivity (Wildman–Crippen MR) is 63.5 cm³/mol. The lowest BCUT2D eigenvalue weighted by Gasteiger charge is -2.09. The Hall–Kier alpha value is -0.670. The molecule has 0 aliphatic carbocycles. The van der Waals surface area contributed by atoms with Crippen molar-refractivity contribution in [2.75, 3.05) is 6.54 Å². The maximum Gasteiger partial charge on any atom is 0.115 e. The van der Waals surface area contributed by atoms with Crippen LogP contribution in [0, 0.1) is 0 Å². The topological polar surface area (TPSA) is 24.9 Å². The van der Waals surface area contributed by atoms with E-state index in [0.29, 0.717) is 6.04 Å². The van der Waals surface area contributed by atoms with Gasteiger partial charge < -0.3 is 5.32 Å². The van der Waals surface area contributed by atoms with Gasteiger partial charge in [-0.3, -0.25) is 0 Å². The summed E-state index contributed by atoms with van der Waals surface area (Å²) in [4.78, 5) is 4.25. The van der Waals surface area contributed by atoms with Crippen LogP contribution in [0.2, 0.25) is 0 Å². The van der Waals surface area contributed by atoms with Gasteiger partial charge in [0, 0.05) is 24.2 Å². The van der Waals surface area contributed by atoms with Gasteiger partial charge in [-0.1, -0.05) is 26.3 Å². The third-order valence-electron chi connectivity index (χ3n) is 1.97. The van der Waals surface area contributed by atoms with Gasteiger partial charge in [0.05, 0.1) is 0 Å². The molecule has 78 valence electrons. The molecule has 0 radical (unpaired) electrons. The molecule has 0 amide bonds. The van der Waals surface area contributed by atoms with Crippen LogP contribution in [0.25, 0.3) is 6.08 Å². The maximum atomic E-state index is 4.25. The van der Waals surface area contributed by atoms with Crippen molar-refractivity contribution in [3.63, 3.8) is 0 Å². The number of nitrogens with one attached hydrogen (secondary N) is 1. The van der Waals surface area contributed by atoms with Crippen molar-refractivity contribution in [1.82, 2.24) is 10.3 Å². The van der Waals surface area contributed by atoms with Crippen molar-refractivity contribution >= 4 is 17.4 Å². The van der Waals surface area contributed by atoms with Crippen LogP contribution in [-0.4, -0.2) is 17.6 Å². The van der Waals surface area contributed by atoms with E-state index >= 15 is 0 Å². The van der Waals surface area contributed by atoms with Crippen LogP contribution in [0.4, 0.5) is 0 Å². The minimum atomic E-state index is 0.543. The number of hydrogen-bond donors (Lipinski definition) is 1. The summed E-state index contributed by atoms with van der Waals surface area (Å²) in [6, 6.07) is 0.543. The van der Waals surface area contributed by atoms with E-state index in [0.717, 1.165) is 18.0 Å². The van der Waals surface area contributed by atoms with Gasteiger partial charge in [-0.15, -0.1) is 11.3 Å². The van der Waals surface area contributed by atoms with Gasteiger partial charge in [-0.05, 0) is 12.5 Å². The molecule has 0 spiro atoms. The third kappa shape index (κ3) is 4.03. The van der Waals surface area contributed by atoms with Crippen LogP contribution < -0.4 is 5.32 Å². The minimum absolute atomic E-state index is 0.543. The highest BCUT2D eigenvalue weighted by Gasteiger charge is 1.98. The highest BCUT2D eigenvalue weighted by atomic mass is 32.1. The second kappa shape index (κ2) is 5.94. The fourth-order valence-corrected chi connectivity index (χ4v) is 1.71. The van der Waals surface area contributed by atoms with Crippen LogP contribution in [0.1, 0.15) is 32.2 Å². The molecule has 3 heteroatoms. The number of hydrogen-bond acceptors (Lipinski definition) is 3. The molecule has 0 bridgehead atoms. The smallest absolute Gasteiger partial charge is 0.115 e. The second-order valence-electron chi connectivity index (χ2n) is 3.56. The fraction of sp³-hybridized carbons (Fsp3) is 0.545. The summed E-state index contributed by atoms with van der Waals surface area (Å²) >= 11 is 1.69. The zero-order valence-electron chi connectivity index (χ0n) is 9.08. The van der Waals surface area contributed by atoms with Gasteiger partial charge in [0.1, 0.15) is 5.01 Å². The molecule has 0 aliphatic heterocycles. The Morgan fingerprint density at radius 2 is 2.43 bits per heavy atom. The van der Waals surface area contributed by atoms with E-state index in [4.69, 9.17) is 0 Å². The molecule has 1 aromatic rings. The first kappa shape index (κ1) is 11.4. The Bertz CT molecular complexity index is 275. The van der Waals surface area contributed by atoms with E-state index in [2.05, 4.69) is 37.1 Å². The zero-order chi connectivity index (χ0) is 10.4. The van der Waals surface area contributed by atoms with Crippen LogP contribution in [0.15, 0.2) is 17.2 Å². The number of aromatic nitrogens is 1. The lowest BCUT2D eigenvalue weighted by atomic mass is 10.2. The largest absolute Gasteiger partial charge is 0.311 e. The molecule has 14 heavy (non-hydrogen) atoms. The minimum Gasteiger partial charge on any atom is -0.311 e. The molecule has 1 heterocycles. The molecular weight excluding hydrogens is 192 g/mol. The SMILES string of the molecule is CC/C(=C/c1nccs1)CNC(C)C. The van der Waals surface area contributed by atoms with Gasteiger partial charge in [0.25, 0.3) is 0 Å². The van der Waals surface area contributed by atoms with E-state index in [-0.39, 0.29) is 0 Å². The van der Waals surface area contributed by atoms with Crippen LogP contribution in [-0.2, 0) is 0 Å². The molecule has 1 rings (SSSR count). The van der Waals surface area contributed by atoms with Crippen molar-refractivity contribution in [1.29, 1.82) is 0 Å². The zero-order valence-corrected chi connectivity index (χ0v) is 9.90. The first-order valence-electron chi connectivity index (χ1n) is 5.04. The monoisotopic (exact) mass is 210 g/mol. The third-order valence-corrected chi connectivity index (χ3v) is 2.69. The molecule has 0 saturated heterocycles. The van der Waals surface area contributed by atoms with E-state index in [1.54, 1.807) is 11.3 Å². The molecule has 2 nitrogen and oxygen atoms in total. The van der Waals surface area contributed by atoms with Crippen molar-refractivity contribution < 1.29 is 0 Å². The summed E-state index contributed by atoms with van der Waals surface area (Å²) in [5.41, 5.74) is 1.41. The van der Waals surface area contributed by atoms with Gasteiger partial charge in [0.15, 0.2) is 0 Å². The molecule has 0 unspecified atom stereocenters. The number of rotatable bonds is 5. The molecule has 1 aromatic heterocycles. The summed E-state index contributed by atoms with van der Waals surface area (Å²) in [5, 5.41) is 6.53. The van der Waals surface area contributed by atoms with Crippen molar-refractivity contribution in [3.8, 4) is 0 Å². The van der Waals surface area contributed by atoms with E-state index in [1.807, 2.05) is 11.6 Å². The first-order valence-corrected chi connectivity index (χ1v) is 5.92. The Labute approximate surface area is 90.1 Å². The molecule has 0 fully saturated rings. The average molecular weight is 210 g/mol. The number of nitrogens with zero attached hydrogens (tertiary/aromatic N) is 1. The quantitative estimate of drug-likeness (QED) is 0.808. The highest BCUT2D eigenvalue weighted by Crippen LogP contribution is 2.11. The van der Waals surface area contributed by atoms with Crippen molar-refractivity contribution in [2.24, 2.45) is 0 Å². The summed E-state index contributed by atoms with van der Waals surface area (Å²) in [6.07, 6.45) is 5.11. The van der Waals surface area contributed by atoms with Gasteiger partial charge in [-0.25, -0.2) is 4.98 Å². The highest BCUT2D eigenvalue weighted by molar-refractivity contribution is 7.10. The lowest BCUT2D eigenvalue weighted by molar-refractivity contribution is 0.617. The molecule has 0 aromatic carbocycles. The first-order chi connectivity index (χ1) is 6.72. The second-order valence-corrected chi connectivity index (χ2v) is 4.49. The van der Waals surface area contributed by atoms with Crippen molar-refractivity contribution in [3.05, 3.63) is 22.2 Å². The summed E-state index contributed by atoms with van der Waals surface area (Å²) in [7, 11) is 0. The van der Waals surface area contributed by atoms with E-state index < -0.39 is 0 Å². The summed E-state index contributed by atoms with van der Waals surface area (Å²) in [6.45, 7) is 7.47. The Morgan fingerprint density at radius 3 is 2.93 bits per heavy atom. The maximum absolute atomic E-state index is 4.25. The Balaban J connectivity index is 2.53. The van der Waals surface area contributed by atoms with Gasteiger partial charge in [0.2, 0.25) is 0 Å². The fourth-order valence-electron chi connectivity index (χ4n) is 1.09. The van der Waals surface area contributed by atoms with E-state index in [1.165, 1.54) is 5.57 Å². The van der Waals surface area contributed by atoms with Crippen molar-refractivity contribution in [2.45, 2.75) is 33.2 Å². The summed E-state index contributed by atoms with van der Waals surface area (Å²) < 4.78 is 0. The standard InChI is InChI=1S/C11H18N2S/c1-4-10(8-13-9(2)3)7-11-12-5-6-14-11/h5-7,9,13H,4,8H2,1-3H3/b10-7-. The normalized spacial score (nSPS) is 12.4. The van der Waals surface area contributed by atoms with Gasteiger partial charge >= 0.3 is 0 Å².